The maximum Gasteiger partial charge on any atom is 0.340 e. The molecule has 26 heavy (non-hydrogen) atoms. The van der Waals surface area contributed by atoms with Crippen molar-refractivity contribution >= 4 is 41.7 Å². The molecule has 0 aliphatic heterocycles. The summed E-state index contributed by atoms with van der Waals surface area (Å²) in [5, 5.41) is 0. The molecule has 0 saturated heterocycles. The lowest BCUT2D eigenvalue weighted by Crippen LogP contribution is -2.13. The summed E-state index contributed by atoms with van der Waals surface area (Å²) in [6, 6.07) is 7.70. The molecule has 0 unspecified atom stereocenters. The smallest absolute Gasteiger partial charge is 0.340 e. The van der Waals surface area contributed by atoms with Gasteiger partial charge in [-0.3, -0.25) is 4.79 Å². The number of hydrogen-bond donors (Lipinski definition) is 0. The molecule has 140 valence electrons. The van der Waals surface area contributed by atoms with E-state index < -0.39 is 25.7 Å². The molecular formula is C16H15BrO7S2. The molecular weight excluding hydrogens is 448 g/mol. The van der Waals surface area contributed by atoms with E-state index in [4.69, 9.17) is 8.92 Å². The van der Waals surface area contributed by atoms with Crippen molar-refractivity contribution < 1.29 is 30.6 Å². The molecule has 10 heteroatoms. The monoisotopic (exact) mass is 462 g/mol. The lowest BCUT2D eigenvalue weighted by Gasteiger charge is -2.13. The van der Waals surface area contributed by atoms with Gasteiger partial charge in [-0.15, -0.1) is 0 Å². The lowest BCUT2D eigenvalue weighted by molar-refractivity contribution is 0.101. The van der Waals surface area contributed by atoms with Gasteiger partial charge >= 0.3 is 10.1 Å². The zero-order chi connectivity index (χ0) is 19.7. The van der Waals surface area contributed by atoms with Crippen LogP contribution in [0.3, 0.4) is 0 Å². The van der Waals surface area contributed by atoms with Crippen molar-refractivity contribution in [1.82, 2.24) is 0 Å². The molecule has 0 amide bonds. The SMILES string of the molecule is COc1ccc(C(C)=O)c(OS(=O)(=O)c2cc(S(C)(=O)=O)ccc2Br)c1. The van der Waals surface area contributed by atoms with Crippen molar-refractivity contribution in [2.24, 2.45) is 0 Å². The second-order valence-electron chi connectivity index (χ2n) is 5.32. The van der Waals surface area contributed by atoms with Crippen LogP contribution >= 0.6 is 15.9 Å². The fourth-order valence-corrected chi connectivity index (χ4v) is 4.66. The van der Waals surface area contributed by atoms with Crippen LogP contribution in [0.25, 0.3) is 0 Å². The minimum Gasteiger partial charge on any atom is -0.497 e. The van der Waals surface area contributed by atoms with Crippen LogP contribution in [-0.2, 0) is 20.0 Å². The molecule has 2 rings (SSSR count). The number of ether oxygens (including phenoxy) is 1. The van der Waals surface area contributed by atoms with Crippen LogP contribution in [0.15, 0.2) is 50.7 Å². The fraction of sp³-hybridized carbons (Fsp3) is 0.188. The van der Waals surface area contributed by atoms with E-state index in [2.05, 4.69) is 15.9 Å². The first-order chi connectivity index (χ1) is 12.0. The second-order valence-corrected chi connectivity index (χ2v) is 9.70. The first kappa shape index (κ1) is 20.4. The zero-order valence-corrected chi connectivity index (χ0v) is 17.2. The average Bonchev–Trinajstić information content (AvgIpc) is 2.53. The Kier molecular flexibility index (Phi) is 5.79. The molecule has 2 aromatic carbocycles. The van der Waals surface area contributed by atoms with Gasteiger partial charge in [0.1, 0.15) is 10.6 Å². The average molecular weight is 463 g/mol. The number of halogens is 1. The van der Waals surface area contributed by atoms with Crippen molar-refractivity contribution in [2.45, 2.75) is 16.7 Å². The molecule has 0 saturated carbocycles. The summed E-state index contributed by atoms with van der Waals surface area (Å²) in [4.78, 5) is 11.2. The Morgan fingerprint density at radius 3 is 2.23 bits per heavy atom. The standard InChI is InChI=1S/C16H15BrO7S2/c1-10(18)13-6-4-11(23-2)8-15(13)24-26(21,22)16-9-12(25(3,19)20)5-7-14(16)17/h4-9H,1-3H3. The Morgan fingerprint density at radius 2 is 1.69 bits per heavy atom. The number of sulfone groups is 1. The molecule has 0 aliphatic carbocycles. The number of carbonyl (C=O) groups excluding carboxylic acids is 1. The Hall–Kier alpha value is -1.91. The van der Waals surface area contributed by atoms with E-state index in [1.165, 1.54) is 44.4 Å². The Balaban J connectivity index is 2.59. The van der Waals surface area contributed by atoms with Crippen LogP contribution in [0.1, 0.15) is 17.3 Å². The molecule has 0 fully saturated rings. The van der Waals surface area contributed by atoms with Crippen LogP contribution in [0.2, 0.25) is 0 Å². The predicted molar refractivity (Wildman–Crippen MR) is 98.1 cm³/mol. The normalized spacial score (nSPS) is 11.8. The summed E-state index contributed by atoms with van der Waals surface area (Å²) in [7, 11) is -6.67. The Morgan fingerprint density at radius 1 is 1.04 bits per heavy atom. The molecule has 0 spiro atoms. The van der Waals surface area contributed by atoms with Crippen molar-refractivity contribution in [3.8, 4) is 11.5 Å². The predicted octanol–water partition coefficient (Wildman–Crippen LogP) is 2.83. The van der Waals surface area contributed by atoms with Crippen LogP contribution in [0, 0.1) is 0 Å². The number of ketones is 1. The molecule has 0 N–H and O–H groups in total. The summed E-state index contributed by atoms with van der Waals surface area (Å²) in [5.74, 6) is -0.320. The highest BCUT2D eigenvalue weighted by Gasteiger charge is 2.25. The van der Waals surface area contributed by atoms with Crippen molar-refractivity contribution in [1.29, 1.82) is 0 Å². The van der Waals surface area contributed by atoms with Crippen LogP contribution < -0.4 is 8.92 Å². The third-order valence-corrected chi connectivity index (χ3v) is 6.71. The van der Waals surface area contributed by atoms with Gasteiger partial charge in [-0.2, -0.15) is 8.42 Å². The number of hydrogen-bond acceptors (Lipinski definition) is 7. The highest BCUT2D eigenvalue weighted by molar-refractivity contribution is 9.10. The van der Waals surface area contributed by atoms with E-state index in [0.29, 0.717) is 5.75 Å². The first-order valence-corrected chi connectivity index (χ1v) is 11.2. The summed E-state index contributed by atoms with van der Waals surface area (Å²) >= 11 is 3.08. The minimum absolute atomic E-state index is 0.0461. The van der Waals surface area contributed by atoms with Gasteiger partial charge in [-0.25, -0.2) is 8.42 Å². The Bertz CT molecular complexity index is 1070. The number of benzene rings is 2. The number of rotatable bonds is 6. The second kappa shape index (κ2) is 7.37. The molecule has 0 bridgehead atoms. The van der Waals surface area contributed by atoms with Crippen LogP contribution in [-0.4, -0.2) is 36.0 Å². The molecule has 0 aliphatic rings. The van der Waals surface area contributed by atoms with E-state index in [0.717, 1.165) is 12.3 Å². The van der Waals surface area contributed by atoms with Gasteiger partial charge in [0.05, 0.1) is 17.6 Å². The minimum atomic E-state index is -4.43. The van der Waals surface area contributed by atoms with E-state index in [1.54, 1.807) is 0 Å². The number of methoxy groups -OCH3 is 1. The number of carbonyl (C=O) groups is 1. The quantitative estimate of drug-likeness (QED) is 0.479. The third-order valence-electron chi connectivity index (χ3n) is 3.37. The fourth-order valence-electron chi connectivity index (χ4n) is 2.06. The zero-order valence-electron chi connectivity index (χ0n) is 14.0. The summed E-state index contributed by atoms with van der Waals surface area (Å²) in [6.45, 7) is 1.27. The van der Waals surface area contributed by atoms with Crippen molar-refractivity contribution in [3.05, 3.63) is 46.4 Å². The van der Waals surface area contributed by atoms with Crippen LogP contribution in [0.4, 0.5) is 0 Å². The van der Waals surface area contributed by atoms with Gasteiger partial charge < -0.3 is 8.92 Å². The molecule has 0 heterocycles. The van der Waals surface area contributed by atoms with Crippen LogP contribution in [0.5, 0.6) is 11.5 Å². The molecule has 0 aromatic heterocycles. The Labute approximate surface area is 160 Å². The molecule has 0 atom stereocenters. The highest BCUT2D eigenvalue weighted by atomic mass is 79.9. The maximum atomic E-state index is 12.7. The van der Waals surface area contributed by atoms with Gasteiger partial charge in [-0.1, -0.05) is 0 Å². The topological polar surface area (TPSA) is 104 Å². The summed E-state index contributed by atoms with van der Waals surface area (Å²) in [6.07, 6.45) is 0.962. The van der Waals surface area contributed by atoms with E-state index in [1.807, 2.05) is 0 Å². The van der Waals surface area contributed by atoms with E-state index >= 15 is 0 Å². The largest absolute Gasteiger partial charge is 0.497 e. The van der Waals surface area contributed by atoms with Gasteiger partial charge in [0.2, 0.25) is 0 Å². The molecule has 7 nitrogen and oxygen atoms in total. The van der Waals surface area contributed by atoms with Gasteiger partial charge in [0.15, 0.2) is 21.4 Å². The molecule has 0 radical (unpaired) electrons. The lowest BCUT2D eigenvalue weighted by atomic mass is 10.1. The van der Waals surface area contributed by atoms with E-state index in [-0.39, 0.29) is 25.6 Å². The summed E-state index contributed by atoms with van der Waals surface area (Å²) < 4.78 is 59.0. The van der Waals surface area contributed by atoms with E-state index in [9.17, 15) is 21.6 Å². The maximum absolute atomic E-state index is 12.7. The number of Topliss-reactive ketones (excluding diaryl/α,β-unsaturated/α-hetero) is 1. The van der Waals surface area contributed by atoms with Crippen molar-refractivity contribution in [3.63, 3.8) is 0 Å². The third kappa shape index (κ3) is 4.43. The van der Waals surface area contributed by atoms with Crippen molar-refractivity contribution in [2.75, 3.05) is 13.4 Å². The van der Waals surface area contributed by atoms with Gasteiger partial charge in [-0.05, 0) is 53.2 Å². The van der Waals surface area contributed by atoms with Gasteiger partial charge in [0, 0.05) is 16.8 Å². The summed E-state index contributed by atoms with van der Waals surface area (Å²) in [5.41, 5.74) is 0.0461. The first-order valence-electron chi connectivity index (χ1n) is 7.09. The van der Waals surface area contributed by atoms with Gasteiger partial charge in [0.25, 0.3) is 0 Å². The molecule has 2 aromatic rings. The highest BCUT2D eigenvalue weighted by Crippen LogP contribution is 2.31.